The Hall–Kier alpha value is -3.28. The Morgan fingerprint density at radius 3 is 2.75 bits per heavy atom. The Morgan fingerprint density at radius 1 is 1.55 bits per heavy atom. The predicted molar refractivity (Wildman–Crippen MR) is 64.4 cm³/mol. The van der Waals surface area contributed by atoms with Gasteiger partial charge in [0.05, 0.1) is 16.6 Å². The number of carboxylic acid groups (broad SMARTS) is 1. The summed E-state index contributed by atoms with van der Waals surface area (Å²) in [5.74, 6) is -1.37. The zero-order valence-corrected chi connectivity index (χ0v) is 10.1. The molecular weight excluding hydrogens is 266 g/mol. The number of hydrogen-bond acceptors (Lipinski definition) is 6. The van der Waals surface area contributed by atoms with E-state index in [1.165, 1.54) is 12.1 Å². The fraction of sp³-hybridized carbons (Fsp3) is 0.0909. The van der Waals surface area contributed by atoms with Gasteiger partial charge in [0.25, 0.3) is 0 Å². The molecule has 1 N–H and O–H groups in total. The summed E-state index contributed by atoms with van der Waals surface area (Å²) in [5.41, 5.74) is -0.521. The molecule has 2 aromatic rings. The van der Waals surface area contributed by atoms with E-state index in [4.69, 9.17) is 10.4 Å². The molecule has 0 aliphatic rings. The van der Waals surface area contributed by atoms with Crippen molar-refractivity contribution in [1.29, 1.82) is 5.26 Å². The van der Waals surface area contributed by atoms with Crippen LogP contribution < -0.4 is 0 Å². The molecule has 0 aliphatic carbocycles. The summed E-state index contributed by atoms with van der Waals surface area (Å²) in [6.45, 7) is 1.64. The number of rotatable bonds is 3. The number of aromatic nitrogens is 3. The van der Waals surface area contributed by atoms with Gasteiger partial charge in [-0.15, -0.1) is 0 Å². The number of pyridine rings is 1. The number of aryl methyl sites for hydroxylation is 1. The van der Waals surface area contributed by atoms with Gasteiger partial charge in [-0.1, -0.05) is 0 Å². The lowest BCUT2D eigenvalue weighted by Gasteiger charge is -2.01. The van der Waals surface area contributed by atoms with Crippen molar-refractivity contribution < 1.29 is 14.8 Å². The van der Waals surface area contributed by atoms with Gasteiger partial charge in [0, 0.05) is 11.8 Å². The predicted octanol–water partition coefficient (Wildman–Crippen LogP) is 1.05. The first kappa shape index (κ1) is 13.2. The largest absolute Gasteiger partial charge is 0.476 e. The first-order valence-electron chi connectivity index (χ1n) is 5.29. The monoisotopic (exact) mass is 273 g/mol. The SMILES string of the molecule is Cc1cc(C#N)cc(-n2cc([N+](=O)[O-])c(C(=O)O)n2)n1. The maximum atomic E-state index is 10.9. The number of nitriles is 1. The van der Waals surface area contributed by atoms with Gasteiger partial charge in [-0.3, -0.25) is 10.1 Å². The highest BCUT2D eigenvalue weighted by Gasteiger charge is 2.26. The van der Waals surface area contributed by atoms with Crippen molar-refractivity contribution in [2.45, 2.75) is 6.92 Å². The molecule has 0 fully saturated rings. The van der Waals surface area contributed by atoms with Gasteiger partial charge in [-0.2, -0.15) is 10.4 Å². The van der Waals surface area contributed by atoms with Crippen molar-refractivity contribution in [2.24, 2.45) is 0 Å². The van der Waals surface area contributed by atoms with E-state index in [-0.39, 0.29) is 5.82 Å². The average Bonchev–Trinajstić information content (AvgIpc) is 2.83. The van der Waals surface area contributed by atoms with Crippen LogP contribution in [-0.2, 0) is 0 Å². The van der Waals surface area contributed by atoms with Crippen LogP contribution in [0.4, 0.5) is 5.69 Å². The van der Waals surface area contributed by atoms with Crippen LogP contribution in [-0.4, -0.2) is 30.8 Å². The second-order valence-corrected chi connectivity index (χ2v) is 3.84. The van der Waals surface area contributed by atoms with Crippen LogP contribution in [0.5, 0.6) is 0 Å². The number of nitro groups is 1. The summed E-state index contributed by atoms with van der Waals surface area (Å²) in [6, 6.07) is 4.80. The third kappa shape index (κ3) is 2.30. The summed E-state index contributed by atoms with van der Waals surface area (Å²) >= 11 is 0. The second kappa shape index (κ2) is 4.77. The third-order valence-electron chi connectivity index (χ3n) is 2.40. The van der Waals surface area contributed by atoms with Gasteiger partial charge in [0.15, 0.2) is 5.82 Å². The lowest BCUT2D eigenvalue weighted by Crippen LogP contribution is -2.04. The lowest BCUT2D eigenvalue weighted by molar-refractivity contribution is -0.385. The lowest BCUT2D eigenvalue weighted by atomic mass is 10.2. The Balaban J connectivity index is 2.62. The van der Waals surface area contributed by atoms with Crippen LogP contribution in [0.2, 0.25) is 0 Å². The quantitative estimate of drug-likeness (QED) is 0.652. The van der Waals surface area contributed by atoms with Crippen molar-refractivity contribution in [3.63, 3.8) is 0 Å². The molecule has 100 valence electrons. The molecule has 2 aromatic heterocycles. The zero-order chi connectivity index (χ0) is 14.9. The minimum absolute atomic E-state index is 0.136. The highest BCUT2D eigenvalue weighted by molar-refractivity contribution is 5.89. The fourth-order valence-corrected chi connectivity index (χ4v) is 1.60. The summed E-state index contributed by atoms with van der Waals surface area (Å²) < 4.78 is 0.968. The van der Waals surface area contributed by atoms with E-state index in [2.05, 4.69) is 10.1 Å². The average molecular weight is 273 g/mol. The van der Waals surface area contributed by atoms with E-state index in [0.717, 1.165) is 10.9 Å². The fourth-order valence-electron chi connectivity index (χ4n) is 1.60. The molecule has 0 unspecified atom stereocenters. The molecule has 2 heterocycles. The van der Waals surface area contributed by atoms with Crippen molar-refractivity contribution in [3.05, 3.63) is 45.4 Å². The Morgan fingerprint density at radius 2 is 2.25 bits per heavy atom. The molecule has 0 aromatic carbocycles. The highest BCUT2D eigenvalue weighted by Crippen LogP contribution is 2.19. The van der Waals surface area contributed by atoms with Gasteiger partial charge in [0.2, 0.25) is 5.69 Å². The normalized spacial score (nSPS) is 10.0. The van der Waals surface area contributed by atoms with Crippen LogP contribution in [0.3, 0.4) is 0 Å². The zero-order valence-electron chi connectivity index (χ0n) is 10.1. The molecule has 0 spiro atoms. The third-order valence-corrected chi connectivity index (χ3v) is 2.40. The van der Waals surface area contributed by atoms with E-state index < -0.39 is 22.3 Å². The van der Waals surface area contributed by atoms with Crippen LogP contribution >= 0.6 is 0 Å². The summed E-state index contributed by atoms with van der Waals surface area (Å²) in [5, 5.41) is 32.1. The molecule has 9 nitrogen and oxygen atoms in total. The number of hydrogen-bond donors (Lipinski definition) is 1. The van der Waals surface area contributed by atoms with E-state index in [0.29, 0.717) is 11.3 Å². The number of nitrogens with zero attached hydrogens (tertiary/aromatic N) is 5. The van der Waals surface area contributed by atoms with Gasteiger partial charge < -0.3 is 5.11 Å². The molecule has 0 bridgehead atoms. The first-order valence-corrected chi connectivity index (χ1v) is 5.29. The van der Waals surface area contributed by atoms with Crippen molar-refractivity contribution in [1.82, 2.24) is 14.8 Å². The van der Waals surface area contributed by atoms with Gasteiger partial charge in [-0.25, -0.2) is 14.5 Å². The molecule has 2 rings (SSSR count). The van der Waals surface area contributed by atoms with Crippen molar-refractivity contribution >= 4 is 11.7 Å². The molecule has 0 amide bonds. The molecule has 0 saturated carbocycles. The van der Waals surface area contributed by atoms with Crippen molar-refractivity contribution in [2.75, 3.05) is 0 Å². The Labute approximate surface area is 111 Å². The number of aromatic carboxylic acids is 1. The van der Waals surface area contributed by atoms with Crippen LogP contribution in [0, 0.1) is 28.4 Å². The maximum Gasteiger partial charge on any atom is 0.363 e. The van der Waals surface area contributed by atoms with Crippen LogP contribution in [0.15, 0.2) is 18.3 Å². The maximum absolute atomic E-state index is 10.9. The molecule has 9 heteroatoms. The van der Waals surface area contributed by atoms with Crippen molar-refractivity contribution in [3.8, 4) is 11.9 Å². The van der Waals surface area contributed by atoms with E-state index in [9.17, 15) is 14.9 Å². The minimum Gasteiger partial charge on any atom is -0.476 e. The van der Waals surface area contributed by atoms with Gasteiger partial charge >= 0.3 is 11.7 Å². The standard InChI is InChI=1S/C11H7N5O4/c1-6-2-7(4-12)3-9(13-6)15-5-8(16(19)20)10(14-15)11(17)18/h2-3,5H,1H3,(H,17,18). The number of carbonyl (C=O) groups is 1. The Bertz CT molecular complexity index is 727. The Kier molecular flexibility index (Phi) is 3.14. The molecule has 20 heavy (non-hydrogen) atoms. The van der Waals surface area contributed by atoms with Crippen LogP contribution in [0.25, 0.3) is 5.82 Å². The van der Waals surface area contributed by atoms with E-state index in [1.807, 2.05) is 6.07 Å². The summed E-state index contributed by atoms with van der Waals surface area (Å²) in [4.78, 5) is 24.9. The molecular formula is C11H7N5O4. The molecule has 0 atom stereocenters. The second-order valence-electron chi connectivity index (χ2n) is 3.84. The first-order chi connectivity index (χ1) is 9.42. The van der Waals surface area contributed by atoms with Crippen LogP contribution in [0.1, 0.15) is 21.7 Å². The molecule has 0 saturated heterocycles. The topological polar surface area (TPSA) is 135 Å². The van der Waals surface area contributed by atoms with Gasteiger partial charge in [-0.05, 0) is 13.0 Å². The summed E-state index contributed by atoms with van der Waals surface area (Å²) in [7, 11) is 0. The minimum atomic E-state index is -1.51. The smallest absolute Gasteiger partial charge is 0.363 e. The van der Waals surface area contributed by atoms with E-state index >= 15 is 0 Å². The van der Waals surface area contributed by atoms with E-state index in [1.54, 1.807) is 6.92 Å². The molecule has 0 aliphatic heterocycles. The number of carboxylic acids is 1. The van der Waals surface area contributed by atoms with Gasteiger partial charge in [0.1, 0.15) is 6.20 Å². The summed E-state index contributed by atoms with van der Waals surface area (Å²) in [6.07, 6.45) is 0.951. The highest BCUT2D eigenvalue weighted by atomic mass is 16.6. The molecule has 0 radical (unpaired) electrons.